The van der Waals surface area contributed by atoms with Crippen LogP contribution < -0.4 is 10.1 Å². The number of nitrogens with zero attached hydrogens (tertiary/aromatic N) is 2. The molecule has 22 heavy (non-hydrogen) atoms. The van der Waals surface area contributed by atoms with Crippen LogP contribution in [0.1, 0.15) is 39.3 Å². The molecule has 2 N–H and O–H groups in total. The number of benzene rings is 1. The molecule has 0 radical (unpaired) electrons. The van der Waals surface area contributed by atoms with Crippen molar-refractivity contribution in [2.24, 2.45) is 5.92 Å². The molecule has 7 nitrogen and oxygen atoms in total. The SMILES string of the molecule is CC(C)C(=O)NC1c2cc3nonc3cc2OC(C)(C)C1O. The Bertz CT molecular complexity index is 723. The summed E-state index contributed by atoms with van der Waals surface area (Å²) in [4.78, 5) is 12.1. The molecule has 2 atom stereocenters. The number of aliphatic hydroxyl groups excluding tert-OH is 1. The summed E-state index contributed by atoms with van der Waals surface area (Å²) in [5.41, 5.74) is 0.953. The van der Waals surface area contributed by atoms with Crippen LogP contribution in [0.25, 0.3) is 11.0 Å². The smallest absolute Gasteiger partial charge is 0.223 e. The standard InChI is InChI=1S/C15H19N3O4/c1-7(2)14(20)16-12-8-5-9-10(18-22-17-9)6-11(8)21-15(3,4)13(12)19/h5-7,12-13,19H,1-4H3,(H,16,20). The van der Waals surface area contributed by atoms with Crippen LogP contribution in [-0.2, 0) is 4.79 Å². The third-order valence-electron chi connectivity index (χ3n) is 3.94. The molecule has 3 rings (SSSR count). The highest BCUT2D eigenvalue weighted by Gasteiger charge is 2.44. The van der Waals surface area contributed by atoms with Crippen LogP contribution in [0.15, 0.2) is 16.8 Å². The van der Waals surface area contributed by atoms with Gasteiger partial charge in [0.1, 0.15) is 28.5 Å². The molecule has 1 aromatic carbocycles. The van der Waals surface area contributed by atoms with Crippen molar-refractivity contribution in [2.75, 3.05) is 0 Å². The maximum atomic E-state index is 12.1. The first-order valence-corrected chi connectivity index (χ1v) is 7.23. The van der Waals surface area contributed by atoms with Gasteiger partial charge in [-0.1, -0.05) is 13.8 Å². The van der Waals surface area contributed by atoms with Crippen LogP contribution in [0.3, 0.4) is 0 Å². The molecule has 0 saturated carbocycles. The third-order valence-corrected chi connectivity index (χ3v) is 3.94. The van der Waals surface area contributed by atoms with Gasteiger partial charge in [0.15, 0.2) is 0 Å². The van der Waals surface area contributed by atoms with E-state index in [1.165, 1.54) is 0 Å². The minimum Gasteiger partial charge on any atom is -0.485 e. The van der Waals surface area contributed by atoms with E-state index in [0.717, 1.165) is 0 Å². The molecule has 1 amide bonds. The predicted octanol–water partition coefficient (Wildman–Crippen LogP) is 1.57. The van der Waals surface area contributed by atoms with Crippen molar-refractivity contribution in [2.45, 2.75) is 45.4 Å². The number of fused-ring (bicyclic) bond motifs is 2. The fraction of sp³-hybridized carbons (Fsp3) is 0.533. The van der Waals surface area contributed by atoms with Gasteiger partial charge < -0.3 is 15.2 Å². The number of hydrogen-bond donors (Lipinski definition) is 2. The molecule has 7 heteroatoms. The number of nitrogens with one attached hydrogen (secondary N) is 1. The first kappa shape index (κ1) is 14.8. The van der Waals surface area contributed by atoms with Gasteiger partial charge in [-0.25, -0.2) is 4.63 Å². The van der Waals surface area contributed by atoms with Gasteiger partial charge in [0.25, 0.3) is 0 Å². The molecule has 2 heterocycles. The second-order valence-electron chi connectivity index (χ2n) is 6.43. The first-order chi connectivity index (χ1) is 10.3. The second kappa shape index (κ2) is 4.95. The Hall–Kier alpha value is -2.15. The number of rotatable bonds is 2. The summed E-state index contributed by atoms with van der Waals surface area (Å²) in [5, 5.41) is 21.1. The normalized spacial score (nSPS) is 23.2. The summed E-state index contributed by atoms with van der Waals surface area (Å²) in [7, 11) is 0. The number of aliphatic hydroxyl groups is 1. The zero-order valence-electron chi connectivity index (χ0n) is 13.0. The van der Waals surface area contributed by atoms with E-state index in [4.69, 9.17) is 9.37 Å². The molecule has 0 fully saturated rings. The maximum Gasteiger partial charge on any atom is 0.223 e. The highest BCUT2D eigenvalue weighted by Crippen LogP contribution is 2.41. The Kier molecular flexibility index (Phi) is 3.32. The van der Waals surface area contributed by atoms with Crippen LogP contribution in [0, 0.1) is 5.92 Å². The lowest BCUT2D eigenvalue weighted by Crippen LogP contribution is -2.54. The van der Waals surface area contributed by atoms with Crippen LogP contribution in [0.5, 0.6) is 5.75 Å². The fourth-order valence-electron chi connectivity index (χ4n) is 2.55. The number of carbonyl (C=O) groups excluding carboxylic acids is 1. The lowest BCUT2D eigenvalue weighted by atomic mass is 9.86. The molecule has 2 aromatic rings. The van der Waals surface area contributed by atoms with E-state index in [9.17, 15) is 9.90 Å². The topological polar surface area (TPSA) is 97.5 Å². The van der Waals surface area contributed by atoms with Gasteiger partial charge in [-0.3, -0.25) is 4.79 Å². The van der Waals surface area contributed by atoms with Gasteiger partial charge in [-0.15, -0.1) is 0 Å². The Morgan fingerprint density at radius 3 is 2.59 bits per heavy atom. The van der Waals surface area contributed by atoms with Crippen molar-refractivity contribution in [1.29, 1.82) is 0 Å². The largest absolute Gasteiger partial charge is 0.485 e. The van der Waals surface area contributed by atoms with E-state index in [-0.39, 0.29) is 11.8 Å². The average molecular weight is 305 g/mol. The zero-order valence-corrected chi connectivity index (χ0v) is 13.0. The summed E-state index contributed by atoms with van der Waals surface area (Å²) < 4.78 is 10.6. The number of amides is 1. The van der Waals surface area contributed by atoms with E-state index in [1.54, 1.807) is 39.8 Å². The fourth-order valence-corrected chi connectivity index (χ4v) is 2.55. The van der Waals surface area contributed by atoms with Gasteiger partial charge in [0.05, 0.1) is 6.04 Å². The Morgan fingerprint density at radius 1 is 1.32 bits per heavy atom. The van der Waals surface area contributed by atoms with Crippen LogP contribution in [0.2, 0.25) is 0 Å². The molecule has 0 bridgehead atoms. The molecular formula is C15H19N3O4. The molecule has 0 spiro atoms. The molecule has 1 aliphatic heterocycles. The van der Waals surface area contributed by atoms with E-state index in [2.05, 4.69) is 15.6 Å². The molecule has 1 aliphatic rings. The molecule has 1 aromatic heterocycles. The van der Waals surface area contributed by atoms with E-state index >= 15 is 0 Å². The van der Waals surface area contributed by atoms with Crippen LogP contribution in [0.4, 0.5) is 0 Å². The summed E-state index contributed by atoms with van der Waals surface area (Å²) in [6.45, 7) is 7.16. The lowest BCUT2D eigenvalue weighted by molar-refractivity contribution is -0.128. The number of aromatic nitrogens is 2. The van der Waals surface area contributed by atoms with Crippen LogP contribution in [-0.4, -0.2) is 33.0 Å². The monoisotopic (exact) mass is 305 g/mol. The highest BCUT2D eigenvalue weighted by atomic mass is 16.6. The number of hydrogen-bond acceptors (Lipinski definition) is 6. The van der Waals surface area contributed by atoms with Crippen molar-refractivity contribution in [3.8, 4) is 5.75 Å². The van der Waals surface area contributed by atoms with Gasteiger partial charge in [-0.05, 0) is 30.2 Å². The summed E-state index contributed by atoms with van der Waals surface area (Å²) in [6, 6.07) is 2.86. The third kappa shape index (κ3) is 2.31. The van der Waals surface area contributed by atoms with E-state index < -0.39 is 17.7 Å². The van der Waals surface area contributed by atoms with Crippen LogP contribution >= 0.6 is 0 Å². The molecule has 0 saturated heterocycles. The molecule has 118 valence electrons. The van der Waals surface area contributed by atoms with Gasteiger partial charge in [-0.2, -0.15) is 0 Å². The van der Waals surface area contributed by atoms with Crippen molar-refractivity contribution in [3.05, 3.63) is 17.7 Å². The quantitative estimate of drug-likeness (QED) is 0.874. The van der Waals surface area contributed by atoms with Gasteiger partial charge >= 0.3 is 0 Å². The summed E-state index contributed by atoms with van der Waals surface area (Å²) >= 11 is 0. The van der Waals surface area contributed by atoms with Crippen molar-refractivity contribution < 1.29 is 19.3 Å². The van der Waals surface area contributed by atoms with Gasteiger partial charge in [0, 0.05) is 17.5 Å². The minimum atomic E-state index is -0.889. The molecule has 2 unspecified atom stereocenters. The maximum absolute atomic E-state index is 12.1. The van der Waals surface area contributed by atoms with Gasteiger partial charge in [0.2, 0.25) is 5.91 Å². The Labute approximate surface area is 127 Å². The number of carbonyl (C=O) groups is 1. The highest BCUT2D eigenvalue weighted by molar-refractivity contribution is 5.80. The predicted molar refractivity (Wildman–Crippen MR) is 78.2 cm³/mol. The second-order valence-corrected chi connectivity index (χ2v) is 6.43. The minimum absolute atomic E-state index is 0.133. The Morgan fingerprint density at radius 2 is 1.95 bits per heavy atom. The van der Waals surface area contributed by atoms with Crippen molar-refractivity contribution in [1.82, 2.24) is 15.6 Å². The van der Waals surface area contributed by atoms with Crippen molar-refractivity contribution >= 4 is 16.9 Å². The Balaban J connectivity index is 2.09. The van der Waals surface area contributed by atoms with E-state index in [0.29, 0.717) is 22.3 Å². The summed E-state index contributed by atoms with van der Waals surface area (Å²) in [6.07, 6.45) is -0.889. The first-order valence-electron chi connectivity index (χ1n) is 7.23. The lowest BCUT2D eigenvalue weighted by Gasteiger charge is -2.42. The van der Waals surface area contributed by atoms with Crippen molar-refractivity contribution in [3.63, 3.8) is 0 Å². The average Bonchev–Trinajstić information content (AvgIpc) is 2.88. The molecule has 0 aliphatic carbocycles. The molecular weight excluding hydrogens is 286 g/mol. The number of ether oxygens (including phenoxy) is 1. The summed E-state index contributed by atoms with van der Waals surface area (Å²) in [5.74, 6) is 0.248. The zero-order chi connectivity index (χ0) is 16.1. The van der Waals surface area contributed by atoms with E-state index in [1.807, 2.05) is 0 Å².